The molecule has 0 amide bonds. The standard InChI is InChI=1S/C22H24N2O2S/c1-18-11-12-19(2)22(16-18)27(25,26)24(17-21-10-6-7-14-23-21)15-13-20-8-4-3-5-9-20/h3-12,14,16H,13,15,17H2,1-2H3. The van der Waals surface area contributed by atoms with Crippen molar-refractivity contribution in [2.24, 2.45) is 0 Å². The van der Waals surface area contributed by atoms with Crippen molar-refractivity contribution in [1.82, 2.24) is 9.29 Å². The molecule has 1 aromatic heterocycles. The van der Waals surface area contributed by atoms with Gasteiger partial charge in [0.25, 0.3) is 0 Å². The zero-order valence-corrected chi connectivity index (χ0v) is 16.5. The summed E-state index contributed by atoms with van der Waals surface area (Å²) in [4.78, 5) is 4.68. The smallest absolute Gasteiger partial charge is 0.243 e. The lowest BCUT2D eigenvalue weighted by Gasteiger charge is -2.23. The van der Waals surface area contributed by atoms with Crippen LogP contribution >= 0.6 is 0 Å². The fourth-order valence-corrected chi connectivity index (χ4v) is 4.70. The molecule has 0 aliphatic carbocycles. The van der Waals surface area contributed by atoms with Crippen molar-refractivity contribution >= 4 is 10.0 Å². The summed E-state index contributed by atoms with van der Waals surface area (Å²) in [7, 11) is -3.63. The lowest BCUT2D eigenvalue weighted by Crippen LogP contribution is -2.33. The van der Waals surface area contributed by atoms with Crippen LogP contribution in [0.5, 0.6) is 0 Å². The molecule has 0 unspecified atom stereocenters. The number of hydrogen-bond donors (Lipinski definition) is 0. The Labute approximate surface area is 161 Å². The first-order valence-electron chi connectivity index (χ1n) is 8.98. The van der Waals surface area contributed by atoms with Crippen LogP contribution in [0, 0.1) is 13.8 Å². The minimum atomic E-state index is -3.63. The van der Waals surface area contributed by atoms with E-state index >= 15 is 0 Å². The van der Waals surface area contributed by atoms with Crippen molar-refractivity contribution < 1.29 is 8.42 Å². The first-order chi connectivity index (χ1) is 13.0. The van der Waals surface area contributed by atoms with E-state index in [1.165, 1.54) is 4.31 Å². The number of sulfonamides is 1. The quantitative estimate of drug-likeness (QED) is 0.619. The summed E-state index contributed by atoms with van der Waals surface area (Å²) >= 11 is 0. The number of pyridine rings is 1. The van der Waals surface area contributed by atoms with Crippen LogP contribution in [0.2, 0.25) is 0 Å². The molecule has 4 nitrogen and oxygen atoms in total. The first kappa shape index (κ1) is 19.3. The Morgan fingerprint density at radius 1 is 0.926 bits per heavy atom. The number of hydrogen-bond acceptors (Lipinski definition) is 3. The number of rotatable bonds is 7. The van der Waals surface area contributed by atoms with Crippen LogP contribution in [0.1, 0.15) is 22.4 Å². The number of nitrogens with zero attached hydrogens (tertiary/aromatic N) is 2. The van der Waals surface area contributed by atoms with Crippen molar-refractivity contribution in [1.29, 1.82) is 0 Å². The summed E-state index contributed by atoms with van der Waals surface area (Å²) < 4.78 is 28.4. The molecule has 0 spiro atoms. The van der Waals surface area contributed by atoms with E-state index in [0.29, 0.717) is 17.9 Å². The zero-order chi connectivity index (χ0) is 19.3. The highest BCUT2D eigenvalue weighted by atomic mass is 32.2. The minimum absolute atomic E-state index is 0.253. The monoisotopic (exact) mass is 380 g/mol. The predicted octanol–water partition coefficient (Wildman–Crippen LogP) is 4.13. The number of aryl methyl sites for hydroxylation is 2. The van der Waals surface area contributed by atoms with Crippen LogP contribution in [0.3, 0.4) is 0 Å². The molecule has 0 saturated heterocycles. The van der Waals surface area contributed by atoms with Gasteiger partial charge in [-0.25, -0.2) is 8.42 Å². The fourth-order valence-electron chi connectivity index (χ4n) is 2.98. The fraction of sp³-hybridized carbons (Fsp3) is 0.227. The summed E-state index contributed by atoms with van der Waals surface area (Å²) in [5, 5.41) is 0. The van der Waals surface area contributed by atoms with Crippen molar-refractivity contribution in [2.45, 2.75) is 31.7 Å². The van der Waals surface area contributed by atoms with Gasteiger partial charge in [-0.15, -0.1) is 0 Å². The van der Waals surface area contributed by atoms with Gasteiger partial charge in [-0.2, -0.15) is 4.31 Å². The summed E-state index contributed by atoms with van der Waals surface area (Å²) in [6.07, 6.45) is 2.34. The maximum Gasteiger partial charge on any atom is 0.243 e. The molecule has 140 valence electrons. The van der Waals surface area contributed by atoms with Crippen molar-refractivity contribution in [3.05, 3.63) is 95.3 Å². The highest BCUT2D eigenvalue weighted by Gasteiger charge is 2.26. The summed E-state index contributed by atoms with van der Waals surface area (Å²) in [6, 6.07) is 21.0. The van der Waals surface area contributed by atoms with Gasteiger partial charge in [-0.05, 0) is 55.2 Å². The Morgan fingerprint density at radius 3 is 2.37 bits per heavy atom. The molecule has 3 aromatic rings. The van der Waals surface area contributed by atoms with Crippen LogP contribution in [0.15, 0.2) is 77.8 Å². The van der Waals surface area contributed by atoms with Crippen LogP contribution < -0.4 is 0 Å². The van der Waals surface area contributed by atoms with E-state index in [-0.39, 0.29) is 6.54 Å². The Balaban J connectivity index is 1.93. The van der Waals surface area contributed by atoms with Crippen molar-refractivity contribution in [2.75, 3.05) is 6.54 Å². The van der Waals surface area contributed by atoms with Gasteiger partial charge < -0.3 is 0 Å². The topological polar surface area (TPSA) is 50.3 Å². The van der Waals surface area contributed by atoms with E-state index in [9.17, 15) is 8.42 Å². The third-order valence-electron chi connectivity index (χ3n) is 4.52. The summed E-state index contributed by atoms with van der Waals surface area (Å²) in [6.45, 7) is 4.40. The molecule has 0 atom stereocenters. The van der Waals surface area contributed by atoms with Gasteiger partial charge in [0.1, 0.15) is 0 Å². The lowest BCUT2D eigenvalue weighted by molar-refractivity contribution is 0.405. The molecule has 3 rings (SSSR count). The number of aromatic nitrogens is 1. The van der Waals surface area contributed by atoms with Gasteiger partial charge in [0.05, 0.1) is 17.1 Å². The van der Waals surface area contributed by atoms with Gasteiger partial charge in [0, 0.05) is 12.7 Å². The van der Waals surface area contributed by atoms with Crippen molar-refractivity contribution in [3.8, 4) is 0 Å². The Kier molecular flexibility index (Phi) is 6.04. The summed E-state index contributed by atoms with van der Waals surface area (Å²) in [5.74, 6) is 0. The van der Waals surface area contributed by atoms with E-state index in [0.717, 1.165) is 22.4 Å². The van der Waals surface area contributed by atoms with Crippen LogP contribution in [0.4, 0.5) is 0 Å². The Bertz CT molecular complexity index is 987. The van der Waals surface area contributed by atoms with E-state index in [2.05, 4.69) is 4.98 Å². The van der Waals surface area contributed by atoms with Crippen LogP contribution in [-0.2, 0) is 23.0 Å². The van der Waals surface area contributed by atoms with E-state index in [1.807, 2.05) is 74.5 Å². The maximum absolute atomic E-state index is 13.4. The van der Waals surface area contributed by atoms with Crippen molar-refractivity contribution in [3.63, 3.8) is 0 Å². The third-order valence-corrected chi connectivity index (χ3v) is 6.51. The average molecular weight is 381 g/mol. The molecule has 2 aromatic carbocycles. The molecule has 27 heavy (non-hydrogen) atoms. The van der Waals surface area contributed by atoms with E-state index in [4.69, 9.17) is 0 Å². The molecular weight excluding hydrogens is 356 g/mol. The van der Waals surface area contributed by atoms with Gasteiger partial charge in [0.2, 0.25) is 10.0 Å². The van der Waals surface area contributed by atoms with Gasteiger partial charge in [-0.3, -0.25) is 4.98 Å². The minimum Gasteiger partial charge on any atom is -0.260 e. The highest BCUT2D eigenvalue weighted by Crippen LogP contribution is 2.23. The zero-order valence-electron chi connectivity index (χ0n) is 15.7. The molecule has 0 fully saturated rings. The Morgan fingerprint density at radius 2 is 1.67 bits per heavy atom. The molecule has 0 aliphatic heterocycles. The van der Waals surface area contributed by atoms with Gasteiger partial charge in [0.15, 0.2) is 0 Å². The SMILES string of the molecule is Cc1ccc(C)c(S(=O)(=O)N(CCc2ccccc2)Cc2ccccn2)c1. The maximum atomic E-state index is 13.4. The molecule has 5 heteroatoms. The third kappa shape index (κ3) is 4.81. The highest BCUT2D eigenvalue weighted by molar-refractivity contribution is 7.89. The van der Waals surface area contributed by atoms with Gasteiger partial charge >= 0.3 is 0 Å². The average Bonchev–Trinajstić information content (AvgIpc) is 2.68. The van der Waals surface area contributed by atoms with Crippen LogP contribution in [0.25, 0.3) is 0 Å². The largest absolute Gasteiger partial charge is 0.260 e. The molecular formula is C22H24N2O2S. The normalized spacial score (nSPS) is 11.7. The molecule has 0 aliphatic rings. The number of benzene rings is 2. The predicted molar refractivity (Wildman–Crippen MR) is 108 cm³/mol. The van der Waals surface area contributed by atoms with E-state index < -0.39 is 10.0 Å². The molecule has 0 N–H and O–H groups in total. The molecule has 0 radical (unpaired) electrons. The van der Waals surface area contributed by atoms with Gasteiger partial charge in [-0.1, -0.05) is 48.5 Å². The van der Waals surface area contributed by atoms with Crippen LogP contribution in [-0.4, -0.2) is 24.3 Å². The lowest BCUT2D eigenvalue weighted by atomic mass is 10.1. The second kappa shape index (κ2) is 8.46. The first-order valence-corrected chi connectivity index (χ1v) is 10.4. The van der Waals surface area contributed by atoms with E-state index in [1.54, 1.807) is 12.3 Å². The molecule has 0 saturated carbocycles. The Hall–Kier alpha value is -2.50. The molecule has 1 heterocycles. The second-order valence-corrected chi connectivity index (χ2v) is 8.57. The summed E-state index contributed by atoms with van der Waals surface area (Å²) in [5.41, 5.74) is 3.53. The second-order valence-electron chi connectivity index (χ2n) is 6.66. The molecule has 0 bridgehead atoms.